The van der Waals surface area contributed by atoms with Crippen LogP contribution in [0.3, 0.4) is 0 Å². The lowest BCUT2D eigenvalue weighted by atomic mass is 9.98. The molecule has 2 aliphatic rings. The standard InChI is InChI=1S/C16H20F3N3/c1-15(2,3)21-6-7-22-13(10-21)5-4-11-8-12(16(17,18)19)9-20-14(11)22/h4-5,8-9,13H,6-7,10H2,1-3H3/t13-/m1/s1. The molecule has 6 heteroatoms. The van der Waals surface area contributed by atoms with Gasteiger partial charge >= 0.3 is 6.18 Å². The van der Waals surface area contributed by atoms with E-state index < -0.39 is 11.7 Å². The summed E-state index contributed by atoms with van der Waals surface area (Å²) in [5.74, 6) is 0.661. The molecule has 1 fully saturated rings. The van der Waals surface area contributed by atoms with Gasteiger partial charge in [-0.15, -0.1) is 0 Å². The predicted molar refractivity (Wildman–Crippen MR) is 80.7 cm³/mol. The molecule has 2 aliphatic heterocycles. The Bertz CT molecular complexity index is 602. The van der Waals surface area contributed by atoms with Gasteiger partial charge in [0.25, 0.3) is 0 Å². The lowest BCUT2D eigenvalue weighted by molar-refractivity contribution is -0.137. The molecule has 0 saturated carbocycles. The van der Waals surface area contributed by atoms with Crippen LogP contribution in [0, 0.1) is 0 Å². The molecule has 3 nitrogen and oxygen atoms in total. The van der Waals surface area contributed by atoms with Crippen LogP contribution in [0.2, 0.25) is 0 Å². The molecule has 1 atom stereocenters. The molecule has 0 aliphatic carbocycles. The van der Waals surface area contributed by atoms with E-state index in [0.29, 0.717) is 11.4 Å². The Morgan fingerprint density at radius 1 is 1.18 bits per heavy atom. The zero-order chi connectivity index (χ0) is 16.1. The largest absolute Gasteiger partial charge is 0.417 e. The van der Waals surface area contributed by atoms with Gasteiger partial charge in [0.1, 0.15) is 5.82 Å². The Labute approximate surface area is 128 Å². The molecular formula is C16H20F3N3. The number of aromatic nitrogens is 1. The number of rotatable bonds is 0. The maximum Gasteiger partial charge on any atom is 0.417 e. The Morgan fingerprint density at radius 3 is 2.55 bits per heavy atom. The average molecular weight is 311 g/mol. The van der Waals surface area contributed by atoms with E-state index in [9.17, 15) is 13.2 Å². The van der Waals surface area contributed by atoms with Crippen molar-refractivity contribution in [3.8, 4) is 0 Å². The van der Waals surface area contributed by atoms with Gasteiger partial charge in [-0.1, -0.05) is 12.2 Å². The van der Waals surface area contributed by atoms with Crippen molar-refractivity contribution < 1.29 is 13.2 Å². The van der Waals surface area contributed by atoms with Gasteiger partial charge in [-0.25, -0.2) is 4.98 Å². The number of hydrogen-bond acceptors (Lipinski definition) is 3. The fraction of sp³-hybridized carbons (Fsp3) is 0.562. The first-order valence-corrected chi connectivity index (χ1v) is 7.43. The van der Waals surface area contributed by atoms with E-state index in [2.05, 4.69) is 35.6 Å². The van der Waals surface area contributed by atoms with Crippen LogP contribution in [-0.4, -0.2) is 41.1 Å². The van der Waals surface area contributed by atoms with E-state index in [1.54, 1.807) is 6.08 Å². The van der Waals surface area contributed by atoms with E-state index in [1.807, 2.05) is 6.08 Å². The van der Waals surface area contributed by atoms with Crippen molar-refractivity contribution in [1.29, 1.82) is 0 Å². The summed E-state index contributed by atoms with van der Waals surface area (Å²) in [5, 5.41) is 0. The van der Waals surface area contributed by atoms with Gasteiger partial charge in [-0.2, -0.15) is 13.2 Å². The van der Waals surface area contributed by atoms with Gasteiger partial charge in [-0.05, 0) is 26.8 Å². The van der Waals surface area contributed by atoms with E-state index in [0.717, 1.165) is 25.8 Å². The van der Waals surface area contributed by atoms with Crippen LogP contribution in [0.5, 0.6) is 0 Å². The Morgan fingerprint density at radius 2 is 1.91 bits per heavy atom. The van der Waals surface area contributed by atoms with E-state index in [-0.39, 0.29) is 11.6 Å². The van der Waals surface area contributed by atoms with Gasteiger partial charge in [-0.3, -0.25) is 4.90 Å². The summed E-state index contributed by atoms with van der Waals surface area (Å²) in [7, 11) is 0. The SMILES string of the molecule is CC(C)(C)N1CCN2c3ncc(C(F)(F)F)cc3C=C[C@@H]2C1. The molecule has 120 valence electrons. The van der Waals surface area contributed by atoms with Crippen molar-refractivity contribution in [2.45, 2.75) is 38.5 Å². The highest BCUT2D eigenvalue weighted by atomic mass is 19.4. The second-order valence-electron chi connectivity index (χ2n) is 6.87. The van der Waals surface area contributed by atoms with Crippen LogP contribution < -0.4 is 4.90 Å². The Kier molecular flexibility index (Phi) is 3.47. The predicted octanol–water partition coefficient (Wildman–Crippen LogP) is 3.42. The first-order chi connectivity index (χ1) is 10.2. The average Bonchev–Trinajstić information content (AvgIpc) is 2.44. The van der Waals surface area contributed by atoms with Crippen LogP contribution in [0.25, 0.3) is 6.08 Å². The molecule has 0 bridgehead atoms. The minimum absolute atomic E-state index is 0.0910. The Hall–Kier alpha value is -1.56. The molecule has 0 unspecified atom stereocenters. The lowest BCUT2D eigenvalue weighted by Gasteiger charge is -2.47. The summed E-state index contributed by atoms with van der Waals surface area (Å²) in [5.41, 5.74) is -0.0497. The number of alkyl halides is 3. The van der Waals surface area contributed by atoms with Crippen LogP contribution in [-0.2, 0) is 6.18 Å². The van der Waals surface area contributed by atoms with Crippen molar-refractivity contribution in [3.63, 3.8) is 0 Å². The molecule has 0 spiro atoms. The first-order valence-electron chi connectivity index (χ1n) is 7.43. The van der Waals surface area contributed by atoms with Crippen molar-refractivity contribution in [1.82, 2.24) is 9.88 Å². The highest BCUT2D eigenvalue weighted by Gasteiger charge is 2.36. The zero-order valence-corrected chi connectivity index (χ0v) is 13.0. The molecule has 3 rings (SSSR count). The number of fused-ring (bicyclic) bond motifs is 3. The fourth-order valence-electron chi connectivity index (χ4n) is 3.05. The molecule has 0 N–H and O–H groups in total. The highest BCUT2D eigenvalue weighted by Crippen LogP contribution is 2.35. The van der Waals surface area contributed by atoms with Gasteiger partial charge in [0, 0.05) is 36.9 Å². The van der Waals surface area contributed by atoms with E-state index >= 15 is 0 Å². The number of hydrogen-bond donors (Lipinski definition) is 0. The minimum atomic E-state index is -4.35. The van der Waals surface area contributed by atoms with Crippen LogP contribution >= 0.6 is 0 Å². The summed E-state index contributed by atoms with van der Waals surface area (Å²) in [6.07, 6.45) is 0.343. The number of pyridine rings is 1. The van der Waals surface area contributed by atoms with Gasteiger partial charge < -0.3 is 4.90 Å². The van der Waals surface area contributed by atoms with Crippen molar-refractivity contribution in [3.05, 3.63) is 29.5 Å². The second kappa shape index (κ2) is 4.98. The maximum atomic E-state index is 12.8. The minimum Gasteiger partial charge on any atom is -0.347 e. The number of anilines is 1. The van der Waals surface area contributed by atoms with Crippen LogP contribution in [0.4, 0.5) is 19.0 Å². The van der Waals surface area contributed by atoms with Crippen molar-refractivity contribution in [2.75, 3.05) is 24.5 Å². The molecule has 0 amide bonds. The molecule has 22 heavy (non-hydrogen) atoms. The summed E-state index contributed by atoms with van der Waals surface area (Å²) in [6.45, 7) is 9.06. The van der Waals surface area contributed by atoms with Crippen LogP contribution in [0.15, 0.2) is 18.3 Å². The monoisotopic (exact) mass is 311 g/mol. The summed E-state index contributed by atoms with van der Waals surface area (Å²) in [4.78, 5) is 8.60. The zero-order valence-electron chi connectivity index (χ0n) is 13.0. The topological polar surface area (TPSA) is 19.4 Å². The smallest absolute Gasteiger partial charge is 0.347 e. The Balaban J connectivity index is 1.88. The highest BCUT2D eigenvalue weighted by molar-refractivity contribution is 5.70. The van der Waals surface area contributed by atoms with E-state index in [4.69, 9.17) is 0 Å². The third kappa shape index (κ3) is 2.72. The first kappa shape index (κ1) is 15.3. The molecule has 1 saturated heterocycles. The fourth-order valence-corrected chi connectivity index (χ4v) is 3.05. The van der Waals surface area contributed by atoms with Gasteiger partial charge in [0.2, 0.25) is 0 Å². The number of halogens is 3. The summed E-state index contributed by atoms with van der Waals surface area (Å²) in [6, 6.07) is 1.36. The molecule has 3 heterocycles. The lowest BCUT2D eigenvalue weighted by Crippen LogP contribution is -2.58. The van der Waals surface area contributed by atoms with E-state index in [1.165, 1.54) is 6.07 Å². The van der Waals surface area contributed by atoms with Gasteiger partial charge in [0.15, 0.2) is 0 Å². The maximum absolute atomic E-state index is 12.8. The summed E-state index contributed by atoms with van der Waals surface area (Å²) < 4.78 is 38.4. The molecule has 1 aromatic heterocycles. The number of nitrogens with zero attached hydrogens (tertiary/aromatic N) is 3. The van der Waals surface area contributed by atoms with Crippen molar-refractivity contribution in [2.24, 2.45) is 0 Å². The normalized spacial score (nSPS) is 22.5. The molecule has 0 aromatic carbocycles. The molecule has 1 aromatic rings. The summed E-state index contributed by atoms with van der Waals surface area (Å²) >= 11 is 0. The van der Waals surface area contributed by atoms with Crippen LogP contribution in [0.1, 0.15) is 31.9 Å². The quantitative estimate of drug-likeness (QED) is 0.732. The third-order valence-electron chi connectivity index (χ3n) is 4.36. The van der Waals surface area contributed by atoms with Crippen molar-refractivity contribution >= 4 is 11.9 Å². The molecule has 0 radical (unpaired) electrons. The van der Waals surface area contributed by atoms with Gasteiger partial charge in [0.05, 0.1) is 11.6 Å². The second-order valence-corrected chi connectivity index (χ2v) is 6.87. The number of piperazine rings is 1. The third-order valence-corrected chi connectivity index (χ3v) is 4.36. The molecular weight excluding hydrogens is 291 g/mol.